The van der Waals surface area contributed by atoms with Crippen LogP contribution in [0.15, 0.2) is 64.6 Å². The van der Waals surface area contributed by atoms with Crippen LogP contribution in [0.3, 0.4) is 0 Å². The summed E-state index contributed by atoms with van der Waals surface area (Å²) in [5, 5.41) is 2.24. The van der Waals surface area contributed by atoms with E-state index in [0.29, 0.717) is 6.61 Å². The normalized spacial score (nSPS) is 14.4. The first kappa shape index (κ1) is 16.7. The van der Waals surface area contributed by atoms with Crippen LogP contribution in [0.5, 0.6) is 11.5 Å². The fourth-order valence-corrected chi connectivity index (χ4v) is 6.13. The topological polar surface area (TPSA) is 18.5 Å². The van der Waals surface area contributed by atoms with Crippen LogP contribution in [0.1, 0.15) is 12.5 Å². The quantitative estimate of drug-likeness (QED) is 0.578. The van der Waals surface area contributed by atoms with E-state index in [4.69, 9.17) is 9.47 Å². The van der Waals surface area contributed by atoms with E-state index in [0.717, 1.165) is 33.0 Å². The SMILES string of the molecule is CC(OCc1ccc(Oc2ccccc2)cc1)=C1SCSCS1. The van der Waals surface area contributed by atoms with Gasteiger partial charge >= 0.3 is 0 Å². The fraction of sp³-hybridized carbons (Fsp3) is 0.222. The Hall–Kier alpha value is -1.17. The van der Waals surface area contributed by atoms with Crippen molar-refractivity contribution >= 4 is 35.3 Å². The third kappa shape index (κ3) is 5.16. The van der Waals surface area contributed by atoms with Crippen molar-refractivity contribution in [2.45, 2.75) is 13.5 Å². The van der Waals surface area contributed by atoms with Crippen molar-refractivity contribution < 1.29 is 9.47 Å². The Bertz CT molecular complexity index is 646. The highest BCUT2D eigenvalue weighted by molar-refractivity contribution is 8.35. The van der Waals surface area contributed by atoms with E-state index in [1.165, 1.54) is 4.24 Å². The van der Waals surface area contributed by atoms with E-state index in [2.05, 4.69) is 6.92 Å². The second kappa shape index (κ2) is 8.62. The minimum absolute atomic E-state index is 0.592. The largest absolute Gasteiger partial charge is 0.492 e. The van der Waals surface area contributed by atoms with Gasteiger partial charge in [-0.25, -0.2) is 0 Å². The van der Waals surface area contributed by atoms with Crippen LogP contribution < -0.4 is 4.74 Å². The first-order valence-corrected chi connectivity index (χ1v) is 10.4. The molecule has 1 heterocycles. The highest BCUT2D eigenvalue weighted by Gasteiger charge is 2.11. The first-order valence-electron chi connectivity index (χ1n) is 7.30. The molecule has 3 rings (SSSR count). The zero-order valence-electron chi connectivity index (χ0n) is 12.9. The number of hydrogen-bond acceptors (Lipinski definition) is 5. The molecule has 2 aromatic carbocycles. The lowest BCUT2D eigenvalue weighted by Crippen LogP contribution is -1.95. The van der Waals surface area contributed by atoms with Crippen LogP contribution >= 0.6 is 35.3 Å². The number of hydrogen-bond donors (Lipinski definition) is 0. The van der Waals surface area contributed by atoms with Crippen molar-refractivity contribution in [1.82, 2.24) is 0 Å². The average Bonchev–Trinajstić information content (AvgIpc) is 2.62. The molecule has 0 amide bonds. The number of benzene rings is 2. The molecule has 0 aromatic heterocycles. The van der Waals surface area contributed by atoms with Crippen LogP contribution in [0.25, 0.3) is 0 Å². The van der Waals surface area contributed by atoms with Crippen molar-refractivity contribution in [2.24, 2.45) is 0 Å². The molecule has 1 aliphatic heterocycles. The van der Waals surface area contributed by atoms with Crippen LogP contribution in [0.2, 0.25) is 0 Å². The van der Waals surface area contributed by atoms with Crippen molar-refractivity contribution in [1.29, 1.82) is 0 Å². The van der Waals surface area contributed by atoms with E-state index in [9.17, 15) is 0 Å². The minimum atomic E-state index is 0.592. The molecule has 2 aromatic rings. The molecule has 0 spiro atoms. The van der Waals surface area contributed by atoms with Crippen LogP contribution in [-0.2, 0) is 11.3 Å². The Morgan fingerprint density at radius 3 is 2.26 bits per heavy atom. The Morgan fingerprint density at radius 1 is 0.913 bits per heavy atom. The molecule has 120 valence electrons. The molecule has 2 nitrogen and oxygen atoms in total. The third-order valence-corrected chi connectivity index (χ3v) is 7.27. The second-order valence-electron chi connectivity index (χ2n) is 4.92. The molecule has 0 atom stereocenters. The molecular formula is C18H18O2S3. The molecule has 0 N–H and O–H groups in total. The molecule has 1 aliphatic rings. The summed E-state index contributed by atoms with van der Waals surface area (Å²) in [5.74, 6) is 2.72. The summed E-state index contributed by atoms with van der Waals surface area (Å²) in [6.07, 6.45) is 0. The lowest BCUT2D eigenvalue weighted by atomic mass is 10.2. The molecular weight excluding hydrogens is 344 g/mol. The van der Waals surface area contributed by atoms with Crippen molar-refractivity contribution in [3.05, 3.63) is 70.2 Å². The predicted molar refractivity (Wildman–Crippen MR) is 103 cm³/mol. The Labute approximate surface area is 150 Å². The molecule has 1 saturated heterocycles. The third-order valence-electron chi connectivity index (χ3n) is 3.19. The number of allylic oxidation sites excluding steroid dienone is 1. The van der Waals surface area contributed by atoms with Gasteiger partial charge in [-0.05, 0) is 36.8 Å². The Morgan fingerprint density at radius 2 is 1.57 bits per heavy atom. The summed E-state index contributed by atoms with van der Waals surface area (Å²) in [6.45, 7) is 2.65. The van der Waals surface area contributed by atoms with Crippen LogP contribution in [0.4, 0.5) is 0 Å². The van der Waals surface area contributed by atoms with Gasteiger partial charge in [0.05, 0.1) is 4.24 Å². The number of para-hydroxylation sites is 1. The number of ether oxygens (including phenoxy) is 2. The van der Waals surface area contributed by atoms with Gasteiger partial charge in [-0.2, -0.15) is 0 Å². The van der Waals surface area contributed by atoms with Crippen molar-refractivity contribution in [3.63, 3.8) is 0 Å². The van der Waals surface area contributed by atoms with Gasteiger partial charge < -0.3 is 9.47 Å². The Balaban J connectivity index is 1.55. The summed E-state index contributed by atoms with van der Waals surface area (Å²) in [6, 6.07) is 17.9. The number of thioether (sulfide) groups is 3. The molecule has 1 fully saturated rings. The van der Waals surface area contributed by atoms with Gasteiger partial charge in [-0.3, -0.25) is 0 Å². The molecule has 0 bridgehead atoms. The first-order chi connectivity index (χ1) is 11.3. The molecule has 0 unspecified atom stereocenters. The van der Waals surface area contributed by atoms with Gasteiger partial charge in [-0.15, -0.1) is 35.3 Å². The molecule has 5 heteroatoms. The highest BCUT2D eigenvalue weighted by Crippen LogP contribution is 2.41. The fourth-order valence-electron chi connectivity index (χ4n) is 2.00. The molecule has 0 radical (unpaired) electrons. The lowest BCUT2D eigenvalue weighted by molar-refractivity contribution is 0.201. The molecule has 0 saturated carbocycles. The van der Waals surface area contributed by atoms with E-state index in [1.807, 2.05) is 89.9 Å². The predicted octanol–water partition coefficient (Wildman–Crippen LogP) is 6.31. The van der Waals surface area contributed by atoms with E-state index in [1.54, 1.807) is 0 Å². The standard InChI is InChI=1S/C18H18O2S3/c1-14(18-22-12-21-13-23-18)19-11-15-7-9-17(10-8-15)20-16-5-3-2-4-6-16/h2-10H,11-13H2,1H3. The van der Waals surface area contributed by atoms with Gasteiger partial charge in [0.15, 0.2) is 0 Å². The average molecular weight is 363 g/mol. The molecule has 0 aliphatic carbocycles. The minimum Gasteiger partial charge on any atom is -0.492 e. The smallest absolute Gasteiger partial charge is 0.127 e. The maximum Gasteiger partial charge on any atom is 0.127 e. The maximum absolute atomic E-state index is 5.91. The highest BCUT2D eigenvalue weighted by atomic mass is 32.3. The zero-order chi connectivity index (χ0) is 15.9. The van der Waals surface area contributed by atoms with Crippen molar-refractivity contribution in [2.75, 3.05) is 10.2 Å². The maximum atomic E-state index is 5.91. The van der Waals surface area contributed by atoms with Gasteiger partial charge in [0.2, 0.25) is 0 Å². The zero-order valence-corrected chi connectivity index (χ0v) is 15.3. The van der Waals surface area contributed by atoms with E-state index >= 15 is 0 Å². The Kier molecular flexibility index (Phi) is 6.25. The van der Waals surface area contributed by atoms with Gasteiger partial charge in [0.1, 0.15) is 23.9 Å². The summed E-state index contributed by atoms with van der Waals surface area (Å²) in [5.41, 5.74) is 1.14. The summed E-state index contributed by atoms with van der Waals surface area (Å²) in [4.78, 5) is 0. The van der Waals surface area contributed by atoms with Crippen LogP contribution in [-0.4, -0.2) is 10.2 Å². The van der Waals surface area contributed by atoms with E-state index < -0.39 is 0 Å². The van der Waals surface area contributed by atoms with Gasteiger partial charge in [0.25, 0.3) is 0 Å². The number of rotatable bonds is 5. The summed E-state index contributed by atoms with van der Waals surface area (Å²) < 4.78 is 13.0. The van der Waals surface area contributed by atoms with Crippen LogP contribution in [0, 0.1) is 0 Å². The monoisotopic (exact) mass is 362 g/mol. The van der Waals surface area contributed by atoms with Gasteiger partial charge in [-0.1, -0.05) is 30.3 Å². The van der Waals surface area contributed by atoms with Crippen molar-refractivity contribution in [3.8, 4) is 11.5 Å². The van der Waals surface area contributed by atoms with Gasteiger partial charge in [0, 0.05) is 10.2 Å². The second-order valence-corrected chi connectivity index (χ2v) is 8.87. The summed E-state index contributed by atoms with van der Waals surface area (Å²) in [7, 11) is 0. The lowest BCUT2D eigenvalue weighted by Gasteiger charge is -2.16. The molecule has 23 heavy (non-hydrogen) atoms. The van der Waals surface area contributed by atoms with E-state index in [-0.39, 0.29) is 0 Å². The summed E-state index contributed by atoms with van der Waals surface area (Å²) >= 11 is 5.70.